The molecule has 0 saturated carbocycles. The maximum absolute atomic E-state index is 12.8. The van der Waals surface area contributed by atoms with Gasteiger partial charge in [-0.1, -0.05) is 0 Å². The maximum atomic E-state index is 12.8. The molecule has 2 aromatic rings. The molecule has 0 radical (unpaired) electrons. The van der Waals surface area contributed by atoms with Crippen LogP contribution in [-0.4, -0.2) is 38.6 Å². The maximum Gasteiger partial charge on any atom is 0.335 e. The lowest BCUT2D eigenvalue weighted by Crippen LogP contribution is -2.42. The Labute approximate surface area is 166 Å². The van der Waals surface area contributed by atoms with Gasteiger partial charge in [0.1, 0.15) is 13.2 Å². The number of aryl methyl sites for hydroxylation is 1. The number of sulfonamides is 1. The van der Waals surface area contributed by atoms with Crippen LogP contribution in [0.1, 0.15) is 38.3 Å². The monoisotopic (exact) mass is 418 g/mol. The quantitative estimate of drug-likeness (QED) is 0.623. The highest BCUT2D eigenvalue weighted by molar-refractivity contribution is 7.89. The Hall–Kier alpha value is -3.11. The third-order valence-electron chi connectivity index (χ3n) is 4.81. The van der Waals surface area contributed by atoms with Crippen LogP contribution in [0.3, 0.4) is 0 Å². The molecule has 4 rings (SSSR count). The number of carbonyl (C=O) groups excluding carboxylic acids is 1. The van der Waals surface area contributed by atoms with Gasteiger partial charge in [0, 0.05) is 5.56 Å². The Balaban J connectivity index is 1.55. The molecule has 1 aliphatic carbocycles. The van der Waals surface area contributed by atoms with Crippen LogP contribution >= 0.6 is 0 Å². The van der Waals surface area contributed by atoms with Gasteiger partial charge in [-0.3, -0.25) is 10.2 Å². The summed E-state index contributed by atoms with van der Waals surface area (Å²) in [7, 11) is -4.16. The zero-order valence-electron chi connectivity index (χ0n) is 15.2. The molecule has 0 atom stereocenters. The number of nitrogens with one attached hydrogen (secondary N) is 2. The molecule has 10 heteroatoms. The number of ether oxygens (including phenoxy) is 2. The molecule has 0 unspecified atom stereocenters. The lowest BCUT2D eigenvalue weighted by Gasteiger charge is -2.18. The highest BCUT2D eigenvalue weighted by Crippen LogP contribution is 2.31. The first-order valence-electron chi connectivity index (χ1n) is 8.96. The third kappa shape index (κ3) is 3.76. The highest BCUT2D eigenvalue weighted by atomic mass is 32.2. The fourth-order valence-corrected chi connectivity index (χ4v) is 4.63. The van der Waals surface area contributed by atoms with Gasteiger partial charge < -0.3 is 14.6 Å². The van der Waals surface area contributed by atoms with Gasteiger partial charge in [-0.15, -0.1) is 4.83 Å². The molecule has 1 aliphatic heterocycles. The van der Waals surface area contributed by atoms with Crippen molar-refractivity contribution < 1.29 is 32.6 Å². The SMILES string of the molecule is O=C(O)c1cc2c(c(S(=O)(=O)NNC(=O)c3ccc4c(c3)OCCO4)c1)CCC2. The molecule has 152 valence electrons. The second-order valence-corrected chi connectivity index (χ2v) is 8.34. The van der Waals surface area contributed by atoms with E-state index in [0.717, 1.165) is 12.5 Å². The van der Waals surface area contributed by atoms with E-state index in [-0.39, 0.29) is 16.0 Å². The standard InChI is InChI=1S/C19H18N2O7S/c22-18(12-4-5-15-16(9-12)28-7-6-27-15)20-21-29(25,26)17-10-13(19(23)24)8-11-2-1-3-14(11)17/h4-5,8-10,21H,1-3,6-7H2,(H,20,22)(H,23,24). The molecule has 29 heavy (non-hydrogen) atoms. The molecule has 0 aromatic heterocycles. The number of fused-ring (bicyclic) bond motifs is 2. The number of rotatable bonds is 5. The van der Waals surface area contributed by atoms with Crippen molar-refractivity contribution in [3.63, 3.8) is 0 Å². The van der Waals surface area contributed by atoms with E-state index in [2.05, 4.69) is 10.3 Å². The van der Waals surface area contributed by atoms with Crippen LogP contribution in [0.15, 0.2) is 35.2 Å². The van der Waals surface area contributed by atoms with E-state index < -0.39 is 21.9 Å². The van der Waals surface area contributed by atoms with Gasteiger partial charge in [-0.25, -0.2) is 13.2 Å². The van der Waals surface area contributed by atoms with Crippen molar-refractivity contribution in [3.8, 4) is 11.5 Å². The van der Waals surface area contributed by atoms with Crippen LogP contribution in [0.4, 0.5) is 0 Å². The van der Waals surface area contributed by atoms with Gasteiger partial charge in [0.25, 0.3) is 15.9 Å². The molecule has 3 N–H and O–H groups in total. The Morgan fingerprint density at radius 1 is 0.966 bits per heavy atom. The minimum Gasteiger partial charge on any atom is -0.486 e. The molecular weight excluding hydrogens is 400 g/mol. The summed E-state index contributed by atoms with van der Waals surface area (Å²) >= 11 is 0. The van der Waals surface area contributed by atoms with E-state index in [0.29, 0.717) is 48.7 Å². The summed E-state index contributed by atoms with van der Waals surface area (Å²) in [6, 6.07) is 7.13. The lowest BCUT2D eigenvalue weighted by atomic mass is 10.1. The molecule has 1 amide bonds. The van der Waals surface area contributed by atoms with Crippen LogP contribution < -0.4 is 19.7 Å². The topological polar surface area (TPSA) is 131 Å². The van der Waals surface area contributed by atoms with Crippen molar-refractivity contribution in [1.82, 2.24) is 10.3 Å². The fraction of sp³-hybridized carbons (Fsp3) is 0.263. The normalized spacial score (nSPS) is 14.9. The number of carboxylic acid groups (broad SMARTS) is 1. The number of hydrogen-bond acceptors (Lipinski definition) is 6. The van der Waals surface area contributed by atoms with E-state index in [1.165, 1.54) is 18.2 Å². The van der Waals surface area contributed by atoms with Gasteiger partial charge in [0.05, 0.1) is 10.5 Å². The Kier molecular flexibility index (Phi) is 4.89. The predicted molar refractivity (Wildman–Crippen MR) is 101 cm³/mol. The van der Waals surface area contributed by atoms with E-state index in [4.69, 9.17) is 9.47 Å². The van der Waals surface area contributed by atoms with Crippen molar-refractivity contribution in [2.75, 3.05) is 13.2 Å². The largest absolute Gasteiger partial charge is 0.486 e. The van der Waals surface area contributed by atoms with Gasteiger partial charge in [0.15, 0.2) is 11.5 Å². The molecular formula is C19H18N2O7S. The van der Waals surface area contributed by atoms with Crippen LogP contribution in [0.5, 0.6) is 11.5 Å². The van der Waals surface area contributed by atoms with Crippen LogP contribution in [0, 0.1) is 0 Å². The Morgan fingerprint density at radius 2 is 1.72 bits per heavy atom. The van der Waals surface area contributed by atoms with E-state index in [9.17, 15) is 23.1 Å². The molecule has 0 spiro atoms. The Morgan fingerprint density at radius 3 is 2.48 bits per heavy atom. The Bertz CT molecular complexity index is 1110. The van der Waals surface area contributed by atoms with Gasteiger partial charge in [-0.2, -0.15) is 0 Å². The molecule has 0 saturated heterocycles. The van der Waals surface area contributed by atoms with Gasteiger partial charge in [-0.05, 0) is 60.7 Å². The minimum absolute atomic E-state index is 0.107. The van der Waals surface area contributed by atoms with Gasteiger partial charge in [0.2, 0.25) is 0 Å². The fourth-order valence-electron chi connectivity index (χ4n) is 3.45. The second-order valence-electron chi connectivity index (χ2n) is 6.69. The molecule has 1 heterocycles. The first-order valence-corrected chi connectivity index (χ1v) is 10.4. The molecule has 2 aliphatic rings. The van der Waals surface area contributed by atoms with Crippen LogP contribution in [0.25, 0.3) is 0 Å². The van der Waals surface area contributed by atoms with E-state index in [1.54, 1.807) is 6.07 Å². The average Bonchev–Trinajstić information content (AvgIpc) is 3.19. The van der Waals surface area contributed by atoms with Crippen molar-refractivity contribution in [1.29, 1.82) is 0 Å². The van der Waals surface area contributed by atoms with Crippen LogP contribution in [0.2, 0.25) is 0 Å². The lowest BCUT2D eigenvalue weighted by molar-refractivity contribution is 0.0696. The molecule has 2 aromatic carbocycles. The summed E-state index contributed by atoms with van der Waals surface area (Å²) in [6.07, 6.45) is 1.88. The molecule has 0 fully saturated rings. The number of hydrazine groups is 1. The highest BCUT2D eigenvalue weighted by Gasteiger charge is 2.27. The summed E-state index contributed by atoms with van der Waals surface area (Å²) in [5, 5.41) is 9.26. The molecule has 0 bridgehead atoms. The summed E-state index contributed by atoms with van der Waals surface area (Å²) < 4.78 is 36.3. The van der Waals surface area contributed by atoms with Crippen molar-refractivity contribution in [2.24, 2.45) is 0 Å². The minimum atomic E-state index is -4.16. The van der Waals surface area contributed by atoms with Crippen LogP contribution in [-0.2, 0) is 22.9 Å². The van der Waals surface area contributed by atoms with Crippen molar-refractivity contribution in [3.05, 3.63) is 52.6 Å². The summed E-state index contributed by atoms with van der Waals surface area (Å²) in [6.45, 7) is 0.772. The predicted octanol–water partition coefficient (Wildman–Crippen LogP) is 1.27. The summed E-state index contributed by atoms with van der Waals surface area (Å²) in [4.78, 5) is 25.7. The number of carboxylic acids is 1. The third-order valence-corrected chi connectivity index (χ3v) is 6.13. The zero-order valence-corrected chi connectivity index (χ0v) is 16.0. The number of hydrogen-bond donors (Lipinski definition) is 3. The molecule has 9 nitrogen and oxygen atoms in total. The van der Waals surface area contributed by atoms with Crippen molar-refractivity contribution in [2.45, 2.75) is 24.2 Å². The van der Waals surface area contributed by atoms with Gasteiger partial charge >= 0.3 is 5.97 Å². The first-order chi connectivity index (χ1) is 13.8. The van der Waals surface area contributed by atoms with E-state index >= 15 is 0 Å². The number of benzene rings is 2. The van der Waals surface area contributed by atoms with Crippen molar-refractivity contribution >= 4 is 21.9 Å². The average molecular weight is 418 g/mol. The first kappa shape index (κ1) is 19.2. The summed E-state index contributed by atoms with van der Waals surface area (Å²) in [5.74, 6) is -0.985. The number of carbonyl (C=O) groups is 2. The number of amides is 1. The number of aromatic carboxylic acids is 1. The van der Waals surface area contributed by atoms with E-state index in [1.807, 2.05) is 0 Å². The summed E-state index contributed by atoms with van der Waals surface area (Å²) in [5.41, 5.74) is 3.52. The second kappa shape index (κ2) is 7.37. The zero-order chi connectivity index (χ0) is 20.6. The smallest absolute Gasteiger partial charge is 0.335 e.